The highest BCUT2D eigenvalue weighted by Crippen LogP contribution is 2.04. The minimum absolute atomic E-state index is 0.330. The Labute approximate surface area is 99.6 Å². The summed E-state index contributed by atoms with van der Waals surface area (Å²) in [5, 5.41) is 12.2. The number of aliphatic hydroxyl groups is 1. The molecule has 1 atom stereocenters. The van der Waals surface area contributed by atoms with Gasteiger partial charge in [-0.25, -0.2) is 0 Å². The molecule has 0 aromatic rings. The van der Waals surface area contributed by atoms with Gasteiger partial charge in [0.15, 0.2) is 0 Å². The first-order chi connectivity index (χ1) is 7.74. The topological polar surface area (TPSA) is 38.7 Å². The van der Waals surface area contributed by atoms with Crippen molar-refractivity contribution in [1.82, 2.24) is 15.1 Å². The number of hydrogen-bond donors (Lipinski definition) is 2. The van der Waals surface area contributed by atoms with Crippen molar-refractivity contribution in [3.63, 3.8) is 0 Å². The SMILES string of the molecule is CN1CCN(C)C(CNCCCCCO)C1. The minimum Gasteiger partial charge on any atom is -0.396 e. The van der Waals surface area contributed by atoms with Gasteiger partial charge in [-0.15, -0.1) is 0 Å². The summed E-state index contributed by atoms with van der Waals surface area (Å²) in [7, 11) is 4.41. The van der Waals surface area contributed by atoms with Crippen molar-refractivity contribution in [1.29, 1.82) is 0 Å². The van der Waals surface area contributed by atoms with Gasteiger partial charge < -0.3 is 15.3 Å². The van der Waals surface area contributed by atoms with Gasteiger partial charge in [-0.3, -0.25) is 4.90 Å². The van der Waals surface area contributed by atoms with Crippen molar-refractivity contribution in [2.45, 2.75) is 25.3 Å². The number of likely N-dealkylation sites (N-methyl/N-ethyl adjacent to an activating group) is 2. The number of rotatable bonds is 7. The van der Waals surface area contributed by atoms with E-state index in [1.165, 1.54) is 26.1 Å². The second-order valence-electron chi connectivity index (χ2n) is 4.89. The van der Waals surface area contributed by atoms with Crippen LogP contribution in [0, 0.1) is 0 Å². The van der Waals surface area contributed by atoms with Gasteiger partial charge in [-0.05, 0) is 39.9 Å². The Kier molecular flexibility index (Phi) is 6.96. The van der Waals surface area contributed by atoms with E-state index in [0.29, 0.717) is 12.6 Å². The molecule has 1 aliphatic rings. The molecule has 1 rings (SSSR count). The molecule has 4 heteroatoms. The van der Waals surface area contributed by atoms with Crippen LogP contribution in [0.3, 0.4) is 0 Å². The van der Waals surface area contributed by atoms with Crippen LogP contribution >= 0.6 is 0 Å². The maximum Gasteiger partial charge on any atom is 0.0431 e. The Morgan fingerprint density at radius 3 is 2.75 bits per heavy atom. The molecule has 0 saturated carbocycles. The summed E-state index contributed by atoms with van der Waals surface area (Å²) in [5.74, 6) is 0. The summed E-state index contributed by atoms with van der Waals surface area (Å²) in [5.41, 5.74) is 0. The maximum absolute atomic E-state index is 8.66. The molecule has 0 aliphatic carbocycles. The first-order valence-corrected chi connectivity index (χ1v) is 6.44. The zero-order valence-electron chi connectivity index (χ0n) is 10.8. The summed E-state index contributed by atoms with van der Waals surface area (Å²) in [6.45, 7) is 6.02. The van der Waals surface area contributed by atoms with E-state index >= 15 is 0 Å². The summed E-state index contributed by atoms with van der Waals surface area (Å²) in [4.78, 5) is 4.85. The van der Waals surface area contributed by atoms with Crippen LogP contribution in [0.4, 0.5) is 0 Å². The van der Waals surface area contributed by atoms with E-state index in [9.17, 15) is 0 Å². The average molecular weight is 229 g/mol. The van der Waals surface area contributed by atoms with E-state index in [2.05, 4.69) is 29.2 Å². The zero-order valence-corrected chi connectivity index (χ0v) is 10.8. The third-order valence-electron chi connectivity index (χ3n) is 3.37. The smallest absolute Gasteiger partial charge is 0.0431 e. The maximum atomic E-state index is 8.66. The third-order valence-corrected chi connectivity index (χ3v) is 3.37. The molecule has 1 aliphatic heterocycles. The highest BCUT2D eigenvalue weighted by Gasteiger charge is 2.21. The predicted octanol–water partition coefficient (Wildman–Crippen LogP) is -0.0156. The predicted molar refractivity (Wildman–Crippen MR) is 67.7 cm³/mol. The van der Waals surface area contributed by atoms with Gasteiger partial charge in [0.25, 0.3) is 0 Å². The van der Waals surface area contributed by atoms with Gasteiger partial charge in [-0.1, -0.05) is 0 Å². The molecule has 96 valence electrons. The van der Waals surface area contributed by atoms with E-state index in [1.807, 2.05) is 0 Å². The van der Waals surface area contributed by atoms with Crippen LogP contribution in [0.5, 0.6) is 0 Å². The molecule has 0 bridgehead atoms. The largest absolute Gasteiger partial charge is 0.396 e. The second kappa shape index (κ2) is 8.01. The number of hydrogen-bond acceptors (Lipinski definition) is 4. The van der Waals surface area contributed by atoms with Gasteiger partial charge in [0.1, 0.15) is 0 Å². The van der Waals surface area contributed by atoms with Crippen LogP contribution in [-0.4, -0.2) is 74.4 Å². The van der Waals surface area contributed by atoms with Crippen molar-refractivity contribution in [2.24, 2.45) is 0 Å². The van der Waals surface area contributed by atoms with E-state index in [4.69, 9.17) is 5.11 Å². The zero-order chi connectivity index (χ0) is 11.8. The summed E-state index contributed by atoms with van der Waals surface area (Å²) >= 11 is 0. The molecule has 4 nitrogen and oxygen atoms in total. The normalized spacial score (nSPS) is 23.8. The van der Waals surface area contributed by atoms with Crippen molar-refractivity contribution in [3.8, 4) is 0 Å². The fourth-order valence-electron chi connectivity index (χ4n) is 2.13. The van der Waals surface area contributed by atoms with Crippen molar-refractivity contribution in [2.75, 3.05) is 53.4 Å². The van der Waals surface area contributed by atoms with Gasteiger partial charge >= 0.3 is 0 Å². The lowest BCUT2D eigenvalue weighted by atomic mass is 10.2. The van der Waals surface area contributed by atoms with Gasteiger partial charge in [0.2, 0.25) is 0 Å². The van der Waals surface area contributed by atoms with Crippen LogP contribution in [-0.2, 0) is 0 Å². The standard InChI is InChI=1S/C12H27N3O/c1-14-7-8-15(2)12(11-14)10-13-6-4-3-5-9-16/h12-13,16H,3-11H2,1-2H3. The number of nitrogens with zero attached hydrogens (tertiary/aromatic N) is 2. The third kappa shape index (κ3) is 5.25. The van der Waals surface area contributed by atoms with Gasteiger partial charge in [-0.2, -0.15) is 0 Å². The Hall–Kier alpha value is -0.160. The Balaban J connectivity index is 2.02. The Morgan fingerprint density at radius 2 is 2.00 bits per heavy atom. The van der Waals surface area contributed by atoms with E-state index in [0.717, 1.165) is 25.9 Å². The van der Waals surface area contributed by atoms with Crippen molar-refractivity contribution >= 4 is 0 Å². The molecule has 0 spiro atoms. The molecule has 0 aromatic carbocycles. The van der Waals surface area contributed by atoms with Crippen LogP contribution in [0.15, 0.2) is 0 Å². The van der Waals surface area contributed by atoms with Crippen LogP contribution in [0.2, 0.25) is 0 Å². The first-order valence-electron chi connectivity index (χ1n) is 6.44. The average Bonchev–Trinajstić information content (AvgIpc) is 2.28. The minimum atomic E-state index is 0.330. The monoisotopic (exact) mass is 229 g/mol. The fourth-order valence-corrected chi connectivity index (χ4v) is 2.13. The lowest BCUT2D eigenvalue weighted by Crippen LogP contribution is -2.53. The Morgan fingerprint density at radius 1 is 1.19 bits per heavy atom. The molecule has 1 fully saturated rings. The molecule has 0 aromatic heterocycles. The summed E-state index contributed by atoms with van der Waals surface area (Å²) in [6.07, 6.45) is 3.24. The lowest BCUT2D eigenvalue weighted by Gasteiger charge is -2.37. The molecule has 1 heterocycles. The molecule has 1 unspecified atom stereocenters. The van der Waals surface area contributed by atoms with Crippen molar-refractivity contribution in [3.05, 3.63) is 0 Å². The highest BCUT2D eigenvalue weighted by molar-refractivity contribution is 4.80. The molecule has 0 amide bonds. The Bertz CT molecular complexity index is 178. The van der Waals surface area contributed by atoms with E-state index < -0.39 is 0 Å². The second-order valence-corrected chi connectivity index (χ2v) is 4.89. The van der Waals surface area contributed by atoms with Crippen LogP contribution in [0.25, 0.3) is 0 Å². The molecular weight excluding hydrogens is 202 g/mol. The molecule has 1 saturated heterocycles. The highest BCUT2D eigenvalue weighted by atomic mass is 16.2. The number of aliphatic hydroxyl groups excluding tert-OH is 1. The number of unbranched alkanes of at least 4 members (excludes halogenated alkanes) is 2. The number of nitrogens with one attached hydrogen (secondary N) is 1. The molecule has 0 radical (unpaired) electrons. The molecular formula is C12H27N3O. The van der Waals surface area contributed by atoms with Gasteiger partial charge in [0, 0.05) is 38.8 Å². The van der Waals surface area contributed by atoms with Crippen molar-refractivity contribution < 1.29 is 5.11 Å². The summed E-state index contributed by atoms with van der Waals surface area (Å²) in [6, 6.07) is 0.650. The van der Waals surface area contributed by atoms with Gasteiger partial charge in [0.05, 0.1) is 0 Å². The fraction of sp³-hybridized carbons (Fsp3) is 1.00. The summed E-state index contributed by atoms with van der Waals surface area (Å²) < 4.78 is 0. The van der Waals surface area contributed by atoms with E-state index in [-0.39, 0.29) is 0 Å². The quantitative estimate of drug-likeness (QED) is 0.602. The van der Waals surface area contributed by atoms with E-state index in [1.54, 1.807) is 0 Å². The van der Waals surface area contributed by atoms with Crippen LogP contribution in [0.1, 0.15) is 19.3 Å². The molecule has 2 N–H and O–H groups in total. The van der Waals surface area contributed by atoms with Crippen LogP contribution < -0.4 is 5.32 Å². The lowest BCUT2D eigenvalue weighted by molar-refractivity contribution is 0.113. The number of piperazine rings is 1. The first kappa shape index (κ1) is 13.9. The molecule has 16 heavy (non-hydrogen) atoms.